The molecule has 0 aliphatic carbocycles. The van der Waals surface area contributed by atoms with E-state index in [0.29, 0.717) is 35.1 Å². The lowest BCUT2D eigenvalue weighted by Gasteiger charge is -2.39. The first-order valence-corrected chi connectivity index (χ1v) is 13.2. The van der Waals surface area contributed by atoms with Gasteiger partial charge < -0.3 is 14.6 Å². The Morgan fingerprint density at radius 3 is 2.56 bits per heavy atom. The van der Waals surface area contributed by atoms with E-state index in [0.717, 1.165) is 16.8 Å². The van der Waals surface area contributed by atoms with Gasteiger partial charge in [0.2, 0.25) is 15.9 Å². The summed E-state index contributed by atoms with van der Waals surface area (Å²) in [5.41, 5.74) is 4.15. The van der Waals surface area contributed by atoms with Crippen molar-refractivity contribution in [1.82, 2.24) is 24.1 Å². The Kier molecular flexibility index (Phi) is 6.13. The molecule has 4 heterocycles. The van der Waals surface area contributed by atoms with Crippen molar-refractivity contribution in [2.75, 3.05) is 38.1 Å². The van der Waals surface area contributed by atoms with E-state index < -0.39 is 10.0 Å². The number of carbonyl (C=O) groups excluding carboxylic acids is 1. The van der Waals surface area contributed by atoms with Crippen molar-refractivity contribution in [2.45, 2.75) is 38.6 Å². The van der Waals surface area contributed by atoms with Gasteiger partial charge >= 0.3 is 0 Å². The van der Waals surface area contributed by atoms with Crippen molar-refractivity contribution in [3.63, 3.8) is 0 Å². The molecule has 0 spiro atoms. The average Bonchev–Trinajstić information content (AvgIpc) is 3.31. The Bertz CT molecular complexity index is 1420. The summed E-state index contributed by atoms with van der Waals surface area (Å²) in [6.45, 7) is 8.47. The molecule has 1 saturated heterocycles. The van der Waals surface area contributed by atoms with Gasteiger partial charge in [-0.15, -0.1) is 0 Å². The van der Waals surface area contributed by atoms with Crippen LogP contribution in [-0.2, 0) is 21.9 Å². The summed E-state index contributed by atoms with van der Waals surface area (Å²) in [5.74, 6) is 1.04. The highest BCUT2D eigenvalue weighted by molar-refractivity contribution is 7.89. The maximum absolute atomic E-state index is 13.5. The zero-order valence-corrected chi connectivity index (χ0v) is 21.8. The molecule has 1 atom stereocenters. The molecule has 1 aromatic carbocycles. The minimum absolute atomic E-state index is 0.141. The normalized spacial score (nSPS) is 19.5. The van der Waals surface area contributed by atoms with Crippen LogP contribution in [0.15, 0.2) is 27.6 Å². The van der Waals surface area contributed by atoms with Crippen LogP contribution in [0.1, 0.15) is 22.8 Å². The number of anilines is 1. The number of hydrogen-bond acceptors (Lipinski definition) is 8. The molecule has 2 aliphatic rings. The summed E-state index contributed by atoms with van der Waals surface area (Å²) in [6, 6.07) is 5.28. The third-order valence-electron chi connectivity index (χ3n) is 6.96. The van der Waals surface area contributed by atoms with E-state index in [1.54, 1.807) is 25.6 Å². The number of piperazine rings is 1. The topological polar surface area (TPSA) is 123 Å². The summed E-state index contributed by atoms with van der Waals surface area (Å²) >= 11 is 0. The van der Waals surface area contributed by atoms with Gasteiger partial charge in [0.15, 0.2) is 0 Å². The lowest BCUT2D eigenvalue weighted by molar-refractivity contribution is -0.118. The molecular formula is C24H30N6O5S. The van der Waals surface area contributed by atoms with Crippen LogP contribution in [0.5, 0.6) is 5.75 Å². The van der Waals surface area contributed by atoms with E-state index in [-0.39, 0.29) is 43.1 Å². The van der Waals surface area contributed by atoms with Crippen LogP contribution in [0.4, 0.5) is 5.69 Å². The van der Waals surface area contributed by atoms with Crippen molar-refractivity contribution in [2.24, 2.45) is 7.05 Å². The molecule has 0 unspecified atom stereocenters. The van der Waals surface area contributed by atoms with Gasteiger partial charge in [0, 0.05) is 32.2 Å². The summed E-state index contributed by atoms with van der Waals surface area (Å²) < 4.78 is 41.6. The van der Waals surface area contributed by atoms with Crippen molar-refractivity contribution in [3.8, 4) is 16.9 Å². The Labute approximate surface area is 210 Å². The van der Waals surface area contributed by atoms with E-state index in [1.807, 2.05) is 36.9 Å². The Morgan fingerprint density at radius 2 is 1.89 bits per heavy atom. The van der Waals surface area contributed by atoms with Crippen molar-refractivity contribution >= 4 is 21.6 Å². The molecule has 36 heavy (non-hydrogen) atoms. The maximum Gasteiger partial charge on any atom is 0.246 e. The Hall–Kier alpha value is -3.22. The predicted molar refractivity (Wildman–Crippen MR) is 132 cm³/mol. The van der Waals surface area contributed by atoms with Gasteiger partial charge in [-0.25, -0.2) is 8.42 Å². The van der Waals surface area contributed by atoms with Crippen molar-refractivity contribution in [1.29, 1.82) is 0 Å². The Morgan fingerprint density at radius 1 is 1.11 bits per heavy atom. The third-order valence-corrected chi connectivity index (χ3v) is 9.08. The number of aryl methyl sites for hydroxylation is 4. The quantitative estimate of drug-likeness (QED) is 0.563. The van der Waals surface area contributed by atoms with Crippen molar-refractivity contribution in [3.05, 3.63) is 41.0 Å². The van der Waals surface area contributed by atoms with Crippen LogP contribution in [0.3, 0.4) is 0 Å². The molecule has 12 heteroatoms. The monoisotopic (exact) mass is 514 g/mol. The average molecular weight is 515 g/mol. The minimum atomic E-state index is -3.74. The van der Waals surface area contributed by atoms with Gasteiger partial charge in [-0.1, -0.05) is 11.2 Å². The van der Waals surface area contributed by atoms with Crippen LogP contribution in [0, 0.1) is 27.7 Å². The van der Waals surface area contributed by atoms with Crippen LogP contribution < -0.4 is 10.1 Å². The van der Waals surface area contributed by atoms with E-state index in [9.17, 15) is 13.2 Å². The molecule has 3 aromatic rings. The molecule has 5 rings (SSSR count). The van der Waals surface area contributed by atoms with Gasteiger partial charge in [0.05, 0.1) is 35.4 Å². The second-order valence-corrected chi connectivity index (χ2v) is 11.3. The molecular weight excluding hydrogens is 484 g/mol. The predicted octanol–water partition coefficient (Wildman–Crippen LogP) is 2.01. The number of hydrogen-bond donors (Lipinski definition) is 1. The molecule has 0 radical (unpaired) electrons. The molecule has 2 aromatic heterocycles. The molecule has 1 N–H and O–H groups in total. The smallest absolute Gasteiger partial charge is 0.246 e. The largest absolute Gasteiger partial charge is 0.490 e. The number of amides is 1. The molecule has 11 nitrogen and oxygen atoms in total. The van der Waals surface area contributed by atoms with E-state index >= 15 is 0 Å². The number of aromatic nitrogens is 3. The second-order valence-electron chi connectivity index (χ2n) is 9.38. The standard InChI is InChI=1S/C24H30N6O5S/c1-14-23(17(4)35-27-14)18-6-7-21-20(10-18)25-22(31)12-29-8-9-30(11-19(29)13-34-21)36(32,33)24-15(2)26-28(5)16(24)3/h6-7,10,19H,8-9,11-13H2,1-5H3,(H,25,31)/t19-/m1/s1. The summed E-state index contributed by atoms with van der Waals surface area (Å²) in [7, 11) is -2.01. The fourth-order valence-electron chi connectivity index (χ4n) is 5.07. The fraction of sp³-hybridized carbons (Fsp3) is 0.458. The zero-order valence-electron chi connectivity index (χ0n) is 21.0. The van der Waals surface area contributed by atoms with Gasteiger partial charge in [-0.05, 0) is 45.4 Å². The highest BCUT2D eigenvalue weighted by Crippen LogP contribution is 2.35. The van der Waals surface area contributed by atoms with Gasteiger partial charge in [-0.2, -0.15) is 9.40 Å². The second kappa shape index (κ2) is 9.02. The van der Waals surface area contributed by atoms with Crippen molar-refractivity contribution < 1.29 is 22.5 Å². The van der Waals surface area contributed by atoms with Gasteiger partial charge in [-0.3, -0.25) is 14.4 Å². The maximum atomic E-state index is 13.5. The Balaban J connectivity index is 1.41. The molecule has 0 saturated carbocycles. The van der Waals surface area contributed by atoms with Crippen LogP contribution in [0.2, 0.25) is 0 Å². The lowest BCUT2D eigenvalue weighted by atomic mass is 10.0. The molecule has 1 fully saturated rings. The van der Waals surface area contributed by atoms with Gasteiger partial charge in [0.25, 0.3) is 0 Å². The fourth-order valence-corrected chi connectivity index (χ4v) is 6.94. The van der Waals surface area contributed by atoms with E-state index in [4.69, 9.17) is 9.26 Å². The zero-order chi connectivity index (χ0) is 25.8. The number of carbonyl (C=O) groups is 1. The first-order valence-electron chi connectivity index (χ1n) is 11.8. The number of benzene rings is 1. The summed E-state index contributed by atoms with van der Waals surface area (Å²) in [5, 5.41) is 11.3. The summed E-state index contributed by atoms with van der Waals surface area (Å²) in [4.78, 5) is 15.2. The van der Waals surface area contributed by atoms with Crippen LogP contribution >= 0.6 is 0 Å². The highest BCUT2D eigenvalue weighted by Gasteiger charge is 2.38. The molecule has 192 valence electrons. The van der Waals surface area contributed by atoms with Crippen LogP contribution in [-0.4, -0.2) is 77.3 Å². The first-order chi connectivity index (χ1) is 17.1. The number of sulfonamides is 1. The molecule has 2 aliphatic heterocycles. The molecule has 1 amide bonds. The number of nitrogens with zero attached hydrogens (tertiary/aromatic N) is 5. The number of ether oxygens (including phenoxy) is 1. The number of fused-ring (bicyclic) bond motifs is 2. The highest BCUT2D eigenvalue weighted by atomic mass is 32.2. The van der Waals surface area contributed by atoms with E-state index in [1.165, 1.54) is 4.31 Å². The first kappa shape index (κ1) is 24.5. The third kappa shape index (κ3) is 4.18. The summed E-state index contributed by atoms with van der Waals surface area (Å²) in [6.07, 6.45) is 0. The number of rotatable bonds is 3. The van der Waals surface area contributed by atoms with Gasteiger partial charge in [0.1, 0.15) is 23.0 Å². The minimum Gasteiger partial charge on any atom is -0.490 e. The SMILES string of the molecule is Cc1noc(C)c1-c1ccc2c(c1)NC(=O)CN1CCN(S(=O)(=O)c3c(C)nn(C)c3C)C[C@@H]1CO2. The van der Waals surface area contributed by atoms with E-state index in [2.05, 4.69) is 15.6 Å². The van der Waals surface area contributed by atoms with Crippen LogP contribution in [0.25, 0.3) is 11.1 Å². The molecule has 0 bridgehead atoms. The number of nitrogens with one attached hydrogen (secondary N) is 1. The lowest BCUT2D eigenvalue weighted by Crippen LogP contribution is -2.57.